The number of piperidine rings is 1. The molecule has 1 amide bonds. The Morgan fingerprint density at radius 1 is 1.55 bits per heavy atom. The van der Waals surface area contributed by atoms with Crippen LogP contribution in [0.15, 0.2) is 18.2 Å². The first kappa shape index (κ1) is 14.7. The zero-order valence-corrected chi connectivity index (χ0v) is 11.7. The lowest BCUT2D eigenvalue weighted by molar-refractivity contribution is -0.384. The molecule has 7 heteroatoms. The van der Waals surface area contributed by atoms with E-state index < -0.39 is 4.92 Å². The summed E-state index contributed by atoms with van der Waals surface area (Å²) in [6.45, 7) is 1.87. The number of anilines is 1. The van der Waals surface area contributed by atoms with Gasteiger partial charge in [-0.15, -0.1) is 0 Å². The van der Waals surface area contributed by atoms with Crippen LogP contribution in [-0.4, -0.2) is 23.9 Å². The minimum absolute atomic E-state index is 0.0205. The van der Waals surface area contributed by atoms with Gasteiger partial charge < -0.3 is 10.6 Å². The van der Waals surface area contributed by atoms with Crippen LogP contribution >= 0.6 is 11.6 Å². The van der Waals surface area contributed by atoms with Crippen LogP contribution in [0, 0.1) is 16.0 Å². The molecule has 1 atom stereocenters. The van der Waals surface area contributed by atoms with Crippen molar-refractivity contribution in [1.82, 2.24) is 5.32 Å². The van der Waals surface area contributed by atoms with E-state index in [1.165, 1.54) is 18.2 Å². The van der Waals surface area contributed by atoms with Gasteiger partial charge in [-0.25, -0.2) is 0 Å². The summed E-state index contributed by atoms with van der Waals surface area (Å²) in [6, 6.07) is 4.18. The molecule has 0 bridgehead atoms. The quantitative estimate of drug-likeness (QED) is 0.661. The van der Waals surface area contributed by atoms with Crippen LogP contribution in [0.4, 0.5) is 11.4 Å². The van der Waals surface area contributed by atoms with Crippen molar-refractivity contribution in [2.45, 2.75) is 19.3 Å². The van der Waals surface area contributed by atoms with Crippen molar-refractivity contribution in [2.24, 2.45) is 5.92 Å². The number of nitrogens with zero attached hydrogens (tertiary/aromatic N) is 1. The summed E-state index contributed by atoms with van der Waals surface area (Å²) in [5.74, 6) is 0.251. The molecule has 2 N–H and O–H groups in total. The predicted molar refractivity (Wildman–Crippen MR) is 76.9 cm³/mol. The molecule has 1 heterocycles. The Hall–Kier alpha value is -1.66. The average Bonchev–Trinajstić information content (AvgIpc) is 2.39. The van der Waals surface area contributed by atoms with E-state index in [1.807, 2.05) is 0 Å². The minimum Gasteiger partial charge on any atom is -0.326 e. The number of nitro benzene ring substituents is 1. The van der Waals surface area contributed by atoms with E-state index in [9.17, 15) is 14.9 Å². The molecule has 0 radical (unpaired) electrons. The Morgan fingerprint density at radius 3 is 2.95 bits per heavy atom. The van der Waals surface area contributed by atoms with Gasteiger partial charge in [0, 0.05) is 18.2 Å². The summed E-state index contributed by atoms with van der Waals surface area (Å²) < 4.78 is 0. The average molecular weight is 298 g/mol. The minimum atomic E-state index is -0.554. The topological polar surface area (TPSA) is 84.3 Å². The summed E-state index contributed by atoms with van der Waals surface area (Å²) in [4.78, 5) is 22.0. The van der Waals surface area contributed by atoms with Gasteiger partial charge in [-0.2, -0.15) is 0 Å². The second kappa shape index (κ2) is 6.67. The number of benzene rings is 1. The summed E-state index contributed by atoms with van der Waals surface area (Å²) in [5, 5.41) is 16.6. The van der Waals surface area contributed by atoms with E-state index in [-0.39, 0.29) is 16.6 Å². The normalized spacial score (nSPS) is 18.6. The first-order valence-electron chi connectivity index (χ1n) is 6.51. The molecule has 20 heavy (non-hydrogen) atoms. The molecule has 0 aromatic heterocycles. The number of nitrogens with one attached hydrogen (secondary N) is 2. The Balaban J connectivity index is 1.93. The molecule has 1 unspecified atom stereocenters. The summed E-state index contributed by atoms with van der Waals surface area (Å²) in [7, 11) is 0. The van der Waals surface area contributed by atoms with E-state index in [1.54, 1.807) is 0 Å². The van der Waals surface area contributed by atoms with Gasteiger partial charge in [0.05, 0.1) is 4.92 Å². The molecular weight excluding hydrogens is 282 g/mol. The number of halogens is 1. The van der Waals surface area contributed by atoms with Crippen molar-refractivity contribution in [1.29, 1.82) is 0 Å². The van der Waals surface area contributed by atoms with Crippen molar-refractivity contribution in [3.8, 4) is 0 Å². The fourth-order valence-corrected chi connectivity index (χ4v) is 2.55. The SMILES string of the molecule is O=C(CC1CCCNC1)Nc1ccc([N+](=O)[O-])c(Cl)c1. The van der Waals surface area contributed by atoms with E-state index >= 15 is 0 Å². The van der Waals surface area contributed by atoms with Gasteiger partial charge in [-0.3, -0.25) is 14.9 Å². The van der Waals surface area contributed by atoms with E-state index in [4.69, 9.17) is 11.6 Å². The van der Waals surface area contributed by atoms with Gasteiger partial charge in [0.2, 0.25) is 5.91 Å². The third kappa shape index (κ3) is 3.91. The highest BCUT2D eigenvalue weighted by molar-refractivity contribution is 6.33. The van der Waals surface area contributed by atoms with Gasteiger partial charge in [-0.05, 0) is 44.0 Å². The maximum atomic E-state index is 11.9. The number of carbonyl (C=O) groups is 1. The first-order chi connectivity index (χ1) is 9.56. The molecule has 1 fully saturated rings. The maximum absolute atomic E-state index is 11.9. The fraction of sp³-hybridized carbons (Fsp3) is 0.462. The van der Waals surface area contributed by atoms with Gasteiger partial charge >= 0.3 is 0 Å². The Kier molecular flexibility index (Phi) is 4.92. The third-order valence-corrected chi connectivity index (χ3v) is 3.60. The molecule has 2 rings (SSSR count). The highest BCUT2D eigenvalue weighted by atomic mass is 35.5. The highest BCUT2D eigenvalue weighted by Gasteiger charge is 2.18. The number of nitro groups is 1. The zero-order chi connectivity index (χ0) is 14.5. The van der Waals surface area contributed by atoms with Crippen molar-refractivity contribution in [2.75, 3.05) is 18.4 Å². The monoisotopic (exact) mass is 297 g/mol. The molecule has 0 aliphatic carbocycles. The number of hydrogen-bond donors (Lipinski definition) is 2. The number of amides is 1. The van der Waals surface area contributed by atoms with E-state index in [0.29, 0.717) is 18.0 Å². The molecule has 108 valence electrons. The van der Waals surface area contributed by atoms with Crippen molar-refractivity contribution < 1.29 is 9.72 Å². The fourth-order valence-electron chi connectivity index (χ4n) is 2.31. The van der Waals surface area contributed by atoms with Crippen LogP contribution < -0.4 is 10.6 Å². The smallest absolute Gasteiger partial charge is 0.288 e. The molecule has 1 aliphatic rings. The summed E-state index contributed by atoms with van der Waals surface area (Å²) in [5.41, 5.74) is 0.315. The molecule has 1 saturated heterocycles. The van der Waals surface area contributed by atoms with Gasteiger partial charge in [0.1, 0.15) is 5.02 Å². The molecule has 1 aliphatic heterocycles. The molecule has 0 spiro atoms. The van der Waals surface area contributed by atoms with Gasteiger partial charge in [-0.1, -0.05) is 11.6 Å². The number of hydrogen-bond acceptors (Lipinski definition) is 4. The highest BCUT2D eigenvalue weighted by Crippen LogP contribution is 2.27. The van der Waals surface area contributed by atoms with Crippen molar-refractivity contribution in [3.63, 3.8) is 0 Å². The van der Waals surface area contributed by atoms with Gasteiger partial charge in [0.15, 0.2) is 0 Å². The second-order valence-corrected chi connectivity index (χ2v) is 5.30. The van der Waals surface area contributed by atoms with Crippen LogP contribution in [0.3, 0.4) is 0 Å². The van der Waals surface area contributed by atoms with E-state index in [2.05, 4.69) is 10.6 Å². The van der Waals surface area contributed by atoms with Crippen LogP contribution in [0.25, 0.3) is 0 Å². The molecule has 1 aromatic carbocycles. The van der Waals surface area contributed by atoms with Crippen LogP contribution in [-0.2, 0) is 4.79 Å². The number of carbonyl (C=O) groups excluding carboxylic acids is 1. The van der Waals surface area contributed by atoms with Crippen molar-refractivity contribution in [3.05, 3.63) is 33.3 Å². The first-order valence-corrected chi connectivity index (χ1v) is 6.88. The molecular formula is C13H16ClN3O3. The predicted octanol–water partition coefficient (Wildman–Crippen LogP) is 2.58. The van der Waals surface area contributed by atoms with Crippen LogP contribution in [0.1, 0.15) is 19.3 Å². The van der Waals surface area contributed by atoms with Crippen LogP contribution in [0.5, 0.6) is 0 Å². The maximum Gasteiger partial charge on any atom is 0.288 e. The summed E-state index contributed by atoms with van der Waals surface area (Å²) in [6.07, 6.45) is 2.57. The third-order valence-electron chi connectivity index (χ3n) is 3.30. The number of rotatable bonds is 4. The van der Waals surface area contributed by atoms with Gasteiger partial charge in [0.25, 0.3) is 5.69 Å². The lowest BCUT2D eigenvalue weighted by atomic mass is 9.96. The zero-order valence-electron chi connectivity index (χ0n) is 10.9. The van der Waals surface area contributed by atoms with Crippen LogP contribution in [0.2, 0.25) is 5.02 Å². The second-order valence-electron chi connectivity index (χ2n) is 4.89. The largest absolute Gasteiger partial charge is 0.326 e. The van der Waals surface area contributed by atoms with E-state index in [0.717, 1.165) is 25.9 Å². The Labute approximate surface area is 121 Å². The molecule has 1 aromatic rings. The Bertz CT molecular complexity index is 516. The standard InChI is InChI=1S/C13H16ClN3O3/c14-11-7-10(3-4-12(11)17(19)20)16-13(18)6-9-2-1-5-15-8-9/h3-4,7,9,15H,1-2,5-6,8H2,(H,16,18). The Morgan fingerprint density at radius 2 is 2.35 bits per heavy atom. The molecule has 6 nitrogen and oxygen atoms in total. The summed E-state index contributed by atoms with van der Waals surface area (Å²) >= 11 is 5.80. The lowest BCUT2D eigenvalue weighted by Crippen LogP contribution is -2.32. The molecule has 0 saturated carbocycles. The lowest BCUT2D eigenvalue weighted by Gasteiger charge is -2.22. The van der Waals surface area contributed by atoms with Crippen molar-refractivity contribution >= 4 is 28.9 Å².